The minimum absolute atomic E-state index is 0.0757. The maximum Gasteiger partial charge on any atom is 0.263 e. The Bertz CT molecular complexity index is 574. The molecule has 0 heterocycles. The number of nitrogens with one attached hydrogen (secondary N) is 2. The molecule has 0 aromatic heterocycles. The molecule has 5 nitrogen and oxygen atoms in total. The molecule has 6 heteroatoms. The van der Waals surface area contributed by atoms with Crippen LogP contribution in [0, 0.1) is 11.3 Å². The van der Waals surface area contributed by atoms with Gasteiger partial charge in [-0.3, -0.25) is 4.79 Å². The first-order chi connectivity index (χ1) is 11.6. The minimum atomic E-state index is -0.385. The zero-order valence-corrected chi connectivity index (χ0v) is 15.1. The molecular formula is C18H25ClN4O. The number of rotatable bonds is 10. The van der Waals surface area contributed by atoms with E-state index in [0.717, 1.165) is 38.2 Å². The second kappa shape index (κ2) is 11.5. The molecule has 0 saturated carbocycles. The van der Waals surface area contributed by atoms with Gasteiger partial charge in [0, 0.05) is 24.3 Å². The van der Waals surface area contributed by atoms with Crippen molar-refractivity contribution in [2.45, 2.75) is 26.8 Å². The maximum atomic E-state index is 12.0. The van der Waals surface area contributed by atoms with E-state index in [2.05, 4.69) is 29.4 Å². The summed E-state index contributed by atoms with van der Waals surface area (Å²) in [6, 6.07) is 9.13. The Balaban J connectivity index is 2.37. The molecule has 130 valence electrons. The molecule has 0 bridgehead atoms. The van der Waals surface area contributed by atoms with Crippen LogP contribution in [0.4, 0.5) is 0 Å². The van der Waals surface area contributed by atoms with E-state index in [-0.39, 0.29) is 11.5 Å². The second-order valence-corrected chi connectivity index (χ2v) is 5.75. The lowest BCUT2D eigenvalue weighted by Gasteiger charge is -2.17. The van der Waals surface area contributed by atoms with E-state index in [0.29, 0.717) is 11.6 Å². The number of benzene rings is 1. The van der Waals surface area contributed by atoms with E-state index in [4.69, 9.17) is 16.9 Å². The van der Waals surface area contributed by atoms with Gasteiger partial charge in [-0.15, -0.1) is 0 Å². The number of nitrogens with zero attached hydrogens (tertiary/aromatic N) is 2. The molecule has 1 aromatic rings. The Morgan fingerprint density at radius 1 is 1.29 bits per heavy atom. The summed E-state index contributed by atoms with van der Waals surface area (Å²) in [7, 11) is 0. The van der Waals surface area contributed by atoms with E-state index in [1.807, 2.05) is 18.2 Å². The molecule has 0 atom stereocenters. The number of hydrogen-bond donors (Lipinski definition) is 2. The van der Waals surface area contributed by atoms with Crippen molar-refractivity contribution in [3.63, 3.8) is 0 Å². The molecule has 0 fully saturated rings. The zero-order valence-electron chi connectivity index (χ0n) is 14.3. The molecule has 2 N–H and O–H groups in total. The highest BCUT2D eigenvalue weighted by atomic mass is 35.5. The van der Waals surface area contributed by atoms with Crippen LogP contribution >= 0.6 is 11.6 Å². The lowest BCUT2D eigenvalue weighted by Crippen LogP contribution is -2.27. The van der Waals surface area contributed by atoms with Gasteiger partial charge >= 0.3 is 0 Å². The SMILES string of the molecule is CCN(CC)CCCN/C=C(/C#N)C(=O)NCc1ccc(Cl)cc1. The van der Waals surface area contributed by atoms with Gasteiger partial charge in [-0.05, 0) is 43.8 Å². The van der Waals surface area contributed by atoms with Crippen LogP contribution in [-0.4, -0.2) is 37.0 Å². The van der Waals surface area contributed by atoms with Crippen molar-refractivity contribution in [1.29, 1.82) is 5.26 Å². The van der Waals surface area contributed by atoms with Gasteiger partial charge in [0.2, 0.25) is 0 Å². The Morgan fingerprint density at radius 3 is 2.54 bits per heavy atom. The largest absolute Gasteiger partial charge is 0.390 e. The molecule has 1 rings (SSSR count). The zero-order chi connectivity index (χ0) is 17.8. The average molecular weight is 349 g/mol. The lowest BCUT2D eigenvalue weighted by atomic mass is 10.2. The van der Waals surface area contributed by atoms with Crippen molar-refractivity contribution in [2.75, 3.05) is 26.2 Å². The molecule has 0 unspecified atom stereocenters. The van der Waals surface area contributed by atoms with Crippen LogP contribution in [0.25, 0.3) is 0 Å². The summed E-state index contributed by atoms with van der Waals surface area (Å²) in [5, 5.41) is 15.5. The molecule has 0 spiro atoms. The van der Waals surface area contributed by atoms with Gasteiger partial charge in [-0.2, -0.15) is 5.26 Å². The third-order valence-corrected chi connectivity index (χ3v) is 3.92. The first kappa shape index (κ1) is 20.0. The van der Waals surface area contributed by atoms with Crippen molar-refractivity contribution in [3.8, 4) is 6.07 Å². The standard InChI is InChI=1S/C18H25ClN4O/c1-3-23(4-2)11-5-10-21-14-16(12-20)18(24)22-13-15-6-8-17(19)9-7-15/h6-9,14,21H,3-5,10-11,13H2,1-2H3,(H,22,24)/b16-14-. The van der Waals surface area contributed by atoms with Crippen molar-refractivity contribution in [2.24, 2.45) is 0 Å². The van der Waals surface area contributed by atoms with Crippen molar-refractivity contribution >= 4 is 17.5 Å². The average Bonchev–Trinajstić information content (AvgIpc) is 2.60. The number of nitriles is 1. The molecule has 0 radical (unpaired) electrons. The van der Waals surface area contributed by atoms with Gasteiger partial charge in [0.15, 0.2) is 0 Å². The maximum absolute atomic E-state index is 12.0. The lowest BCUT2D eigenvalue weighted by molar-refractivity contribution is -0.117. The summed E-state index contributed by atoms with van der Waals surface area (Å²) in [4.78, 5) is 14.3. The number of carbonyl (C=O) groups excluding carboxylic acids is 1. The van der Waals surface area contributed by atoms with Crippen molar-refractivity contribution in [1.82, 2.24) is 15.5 Å². The van der Waals surface area contributed by atoms with E-state index in [1.54, 1.807) is 12.1 Å². The molecule has 24 heavy (non-hydrogen) atoms. The Kier molecular flexibility index (Phi) is 9.59. The number of amides is 1. The first-order valence-electron chi connectivity index (χ1n) is 8.19. The van der Waals surface area contributed by atoms with Crippen LogP contribution in [0.2, 0.25) is 5.02 Å². The topological polar surface area (TPSA) is 68.2 Å². The van der Waals surface area contributed by atoms with Crippen LogP contribution in [0.15, 0.2) is 36.0 Å². The monoisotopic (exact) mass is 348 g/mol. The highest BCUT2D eigenvalue weighted by Crippen LogP contribution is 2.09. The molecule has 0 aliphatic carbocycles. The highest BCUT2D eigenvalue weighted by Gasteiger charge is 2.08. The molecule has 0 saturated heterocycles. The quantitative estimate of drug-likeness (QED) is 0.387. The third-order valence-electron chi connectivity index (χ3n) is 3.67. The summed E-state index contributed by atoms with van der Waals surface area (Å²) >= 11 is 5.82. The van der Waals surface area contributed by atoms with Crippen LogP contribution < -0.4 is 10.6 Å². The minimum Gasteiger partial charge on any atom is -0.390 e. The summed E-state index contributed by atoms with van der Waals surface area (Å²) in [5.41, 5.74) is 1.00. The normalized spacial score (nSPS) is 11.2. The Labute approximate surface area is 149 Å². The fourth-order valence-electron chi connectivity index (χ4n) is 2.15. The van der Waals surface area contributed by atoms with Crippen LogP contribution in [0.3, 0.4) is 0 Å². The molecule has 0 aliphatic heterocycles. The Morgan fingerprint density at radius 2 is 1.96 bits per heavy atom. The van der Waals surface area contributed by atoms with E-state index < -0.39 is 0 Å². The molecular weight excluding hydrogens is 324 g/mol. The number of carbonyl (C=O) groups is 1. The van der Waals surface area contributed by atoms with E-state index in [9.17, 15) is 4.79 Å². The predicted octanol–water partition coefficient (Wildman–Crippen LogP) is 2.69. The fraction of sp³-hybridized carbons (Fsp3) is 0.444. The highest BCUT2D eigenvalue weighted by molar-refractivity contribution is 6.30. The van der Waals surface area contributed by atoms with Gasteiger partial charge in [0.25, 0.3) is 5.91 Å². The molecule has 1 aromatic carbocycles. The van der Waals surface area contributed by atoms with Crippen LogP contribution in [-0.2, 0) is 11.3 Å². The Hall–Kier alpha value is -2.03. The van der Waals surface area contributed by atoms with Gasteiger partial charge in [-0.1, -0.05) is 37.6 Å². The summed E-state index contributed by atoms with van der Waals surface area (Å²) in [5.74, 6) is -0.385. The van der Waals surface area contributed by atoms with Crippen molar-refractivity contribution < 1.29 is 4.79 Å². The van der Waals surface area contributed by atoms with Gasteiger partial charge in [0.05, 0.1) is 0 Å². The summed E-state index contributed by atoms with van der Waals surface area (Å²) in [6.07, 6.45) is 2.45. The van der Waals surface area contributed by atoms with Gasteiger partial charge in [-0.25, -0.2) is 0 Å². The molecule has 0 aliphatic rings. The molecule has 1 amide bonds. The van der Waals surface area contributed by atoms with Crippen LogP contribution in [0.5, 0.6) is 0 Å². The third kappa shape index (κ3) is 7.49. The second-order valence-electron chi connectivity index (χ2n) is 5.31. The van der Waals surface area contributed by atoms with Crippen molar-refractivity contribution in [3.05, 3.63) is 46.6 Å². The van der Waals surface area contributed by atoms with E-state index in [1.165, 1.54) is 6.20 Å². The summed E-state index contributed by atoms with van der Waals surface area (Å²) < 4.78 is 0. The fourth-order valence-corrected chi connectivity index (χ4v) is 2.27. The van der Waals surface area contributed by atoms with E-state index >= 15 is 0 Å². The number of hydrogen-bond acceptors (Lipinski definition) is 4. The first-order valence-corrected chi connectivity index (χ1v) is 8.57. The summed E-state index contributed by atoms with van der Waals surface area (Å²) in [6.45, 7) is 8.42. The van der Waals surface area contributed by atoms with Crippen LogP contribution in [0.1, 0.15) is 25.8 Å². The predicted molar refractivity (Wildman–Crippen MR) is 97.4 cm³/mol. The number of halogens is 1. The van der Waals surface area contributed by atoms with Gasteiger partial charge < -0.3 is 15.5 Å². The smallest absolute Gasteiger partial charge is 0.263 e. The van der Waals surface area contributed by atoms with Gasteiger partial charge in [0.1, 0.15) is 11.6 Å².